The molecule has 0 fully saturated rings. The number of nitrogens with zero attached hydrogens (tertiary/aromatic N) is 3. The van der Waals surface area contributed by atoms with Crippen LogP contribution in [0.25, 0.3) is 5.65 Å². The van der Waals surface area contributed by atoms with Crippen molar-refractivity contribution in [3.63, 3.8) is 0 Å². The number of anilines is 2. The minimum atomic E-state index is -0.239. The summed E-state index contributed by atoms with van der Waals surface area (Å²) in [5, 5.41) is 7.54. The first kappa shape index (κ1) is 23.6. The van der Waals surface area contributed by atoms with Crippen molar-refractivity contribution in [2.24, 2.45) is 5.73 Å². The van der Waals surface area contributed by atoms with Crippen LogP contribution in [-0.2, 0) is 6.54 Å². The third kappa shape index (κ3) is 6.69. The maximum absolute atomic E-state index is 13.7. The molecule has 1 aromatic carbocycles. The molecule has 0 atom stereocenters. The van der Waals surface area contributed by atoms with Gasteiger partial charge in [-0.2, -0.15) is 9.61 Å². The van der Waals surface area contributed by atoms with E-state index in [1.807, 2.05) is 0 Å². The summed E-state index contributed by atoms with van der Waals surface area (Å²) in [6.45, 7) is 7.59. The molecular weight excluding hydrogens is 379 g/mol. The maximum atomic E-state index is 13.7. The molecule has 0 unspecified atom stereocenters. The third-order valence-electron chi connectivity index (χ3n) is 4.87. The van der Waals surface area contributed by atoms with Gasteiger partial charge < -0.3 is 16.8 Å². The van der Waals surface area contributed by atoms with E-state index in [2.05, 4.69) is 36.2 Å². The van der Waals surface area contributed by atoms with E-state index >= 15 is 0 Å². The average Bonchev–Trinajstić information content (AvgIpc) is 3.15. The Bertz CT molecular complexity index is 900. The van der Waals surface area contributed by atoms with E-state index in [1.165, 1.54) is 38.2 Å². The van der Waals surface area contributed by atoms with Crippen molar-refractivity contribution < 1.29 is 4.39 Å². The Hall–Kier alpha value is -2.67. The van der Waals surface area contributed by atoms with Crippen LogP contribution in [0.3, 0.4) is 0 Å². The quantitative estimate of drug-likeness (QED) is 0.423. The molecule has 2 heterocycles. The average molecular weight is 415 g/mol. The lowest BCUT2D eigenvalue weighted by atomic mass is 10.1. The van der Waals surface area contributed by atoms with Crippen molar-refractivity contribution >= 4 is 17.3 Å². The van der Waals surface area contributed by atoms with E-state index < -0.39 is 0 Å². The highest BCUT2D eigenvalue weighted by molar-refractivity contribution is 5.59. The minimum Gasteiger partial charge on any atom is -0.384 e. The summed E-state index contributed by atoms with van der Waals surface area (Å²) in [7, 11) is 0. The van der Waals surface area contributed by atoms with Gasteiger partial charge in [0.25, 0.3) is 0 Å². The van der Waals surface area contributed by atoms with Gasteiger partial charge in [0, 0.05) is 23.7 Å². The van der Waals surface area contributed by atoms with Gasteiger partial charge in [0.15, 0.2) is 5.65 Å². The highest BCUT2D eigenvalue weighted by Gasteiger charge is 2.13. The summed E-state index contributed by atoms with van der Waals surface area (Å²) in [6, 6.07) is 8.36. The number of aromatic nitrogens is 3. The van der Waals surface area contributed by atoms with E-state index in [0.29, 0.717) is 29.7 Å². The molecule has 0 bridgehead atoms. The Morgan fingerprint density at radius 2 is 1.87 bits per heavy atom. The van der Waals surface area contributed by atoms with Gasteiger partial charge in [-0.1, -0.05) is 64.7 Å². The molecule has 30 heavy (non-hydrogen) atoms. The number of unbranched alkanes of at least 4 members (excludes halogenated alkanes) is 4. The fourth-order valence-corrected chi connectivity index (χ4v) is 3.11. The molecule has 2 aromatic heterocycles. The van der Waals surface area contributed by atoms with Gasteiger partial charge in [0.05, 0.1) is 6.20 Å². The van der Waals surface area contributed by atoms with Gasteiger partial charge in [-0.15, -0.1) is 0 Å². The molecule has 164 valence electrons. The normalized spacial score (nSPS) is 10.9. The second-order valence-electron chi connectivity index (χ2n) is 7.70. The Labute approximate surface area is 178 Å². The zero-order chi connectivity index (χ0) is 21.9. The molecule has 0 spiro atoms. The van der Waals surface area contributed by atoms with Gasteiger partial charge in [0.1, 0.15) is 17.5 Å². The molecule has 7 heteroatoms. The first-order chi connectivity index (χ1) is 14.5. The lowest BCUT2D eigenvalue weighted by Gasteiger charge is -2.10. The van der Waals surface area contributed by atoms with Gasteiger partial charge in [-0.05, 0) is 24.9 Å². The van der Waals surface area contributed by atoms with Crippen LogP contribution in [0.15, 0.2) is 36.5 Å². The second kappa shape index (κ2) is 12.1. The number of nitrogens with two attached hydrogens (primary N) is 2. The summed E-state index contributed by atoms with van der Waals surface area (Å²) in [6.07, 6.45) is 8.39. The molecule has 3 rings (SSSR count). The first-order valence-corrected chi connectivity index (χ1v) is 10.8. The Morgan fingerprint density at radius 3 is 2.53 bits per heavy atom. The van der Waals surface area contributed by atoms with E-state index in [4.69, 9.17) is 11.5 Å². The zero-order valence-electron chi connectivity index (χ0n) is 18.4. The van der Waals surface area contributed by atoms with E-state index in [0.717, 1.165) is 17.8 Å². The molecule has 6 nitrogen and oxygen atoms in total. The Kier molecular flexibility index (Phi) is 9.54. The van der Waals surface area contributed by atoms with E-state index in [-0.39, 0.29) is 5.82 Å². The third-order valence-corrected chi connectivity index (χ3v) is 4.87. The van der Waals surface area contributed by atoms with Crippen molar-refractivity contribution in [2.45, 2.75) is 65.3 Å². The highest BCUT2D eigenvalue weighted by atomic mass is 19.1. The van der Waals surface area contributed by atoms with Crippen molar-refractivity contribution in [1.82, 2.24) is 14.6 Å². The summed E-state index contributed by atoms with van der Waals surface area (Å²) in [5.74, 6) is 1.16. The number of halogens is 1. The van der Waals surface area contributed by atoms with Crippen LogP contribution in [0.2, 0.25) is 0 Å². The zero-order valence-corrected chi connectivity index (χ0v) is 18.4. The standard InChI is InChI=1S/C16H18FN5.C7H17N/c1-10(2)12-9-20-22-15(7-14(18)21-16(12)22)19-8-11-5-3-4-6-13(11)17;1-2-3-4-5-6-7-8/h3-7,9-10,19H,8H2,1-2H3,(H2,18,21);2-8H2,1H3. The van der Waals surface area contributed by atoms with Gasteiger partial charge >= 0.3 is 0 Å². The smallest absolute Gasteiger partial charge is 0.163 e. The summed E-state index contributed by atoms with van der Waals surface area (Å²) >= 11 is 0. The molecule has 3 aromatic rings. The number of nitrogens with one attached hydrogen (secondary N) is 1. The fraction of sp³-hybridized carbons (Fsp3) is 0.478. The van der Waals surface area contributed by atoms with Crippen molar-refractivity contribution in [1.29, 1.82) is 0 Å². The molecule has 0 saturated carbocycles. The molecular formula is C23H35FN6. The summed E-state index contributed by atoms with van der Waals surface area (Å²) in [4.78, 5) is 4.35. The van der Waals surface area contributed by atoms with Crippen LogP contribution >= 0.6 is 0 Å². The molecule has 0 aliphatic heterocycles. The Morgan fingerprint density at radius 1 is 1.13 bits per heavy atom. The van der Waals surface area contributed by atoms with E-state index in [9.17, 15) is 4.39 Å². The maximum Gasteiger partial charge on any atom is 0.163 e. The van der Waals surface area contributed by atoms with E-state index in [1.54, 1.807) is 35.0 Å². The van der Waals surface area contributed by atoms with Crippen LogP contribution in [-0.4, -0.2) is 21.1 Å². The van der Waals surface area contributed by atoms with Gasteiger partial charge in [0.2, 0.25) is 0 Å². The number of rotatable bonds is 9. The van der Waals surface area contributed by atoms with Crippen LogP contribution in [0.5, 0.6) is 0 Å². The summed E-state index contributed by atoms with van der Waals surface area (Å²) < 4.78 is 15.4. The fourth-order valence-electron chi connectivity index (χ4n) is 3.11. The lowest BCUT2D eigenvalue weighted by molar-refractivity contribution is 0.612. The van der Waals surface area contributed by atoms with Crippen molar-refractivity contribution in [3.05, 3.63) is 53.5 Å². The number of nitrogen functional groups attached to an aromatic ring is 1. The molecule has 0 amide bonds. The molecule has 0 saturated heterocycles. The largest absolute Gasteiger partial charge is 0.384 e. The van der Waals surface area contributed by atoms with Gasteiger partial charge in [-0.3, -0.25) is 0 Å². The predicted octanol–water partition coefficient (Wildman–Crippen LogP) is 5.10. The number of fused-ring (bicyclic) bond motifs is 1. The topological polar surface area (TPSA) is 94.3 Å². The number of benzene rings is 1. The molecule has 0 aliphatic carbocycles. The number of hydrogen-bond acceptors (Lipinski definition) is 5. The lowest BCUT2D eigenvalue weighted by Crippen LogP contribution is -2.08. The van der Waals surface area contributed by atoms with Crippen molar-refractivity contribution in [3.8, 4) is 0 Å². The van der Waals surface area contributed by atoms with Crippen LogP contribution in [0.4, 0.5) is 16.0 Å². The predicted molar refractivity (Wildman–Crippen MR) is 123 cm³/mol. The summed E-state index contributed by atoms with van der Waals surface area (Å²) in [5.41, 5.74) is 13.5. The van der Waals surface area contributed by atoms with Crippen LogP contribution in [0, 0.1) is 5.82 Å². The first-order valence-electron chi connectivity index (χ1n) is 10.8. The Balaban J connectivity index is 0.000000343. The minimum absolute atomic E-state index is 0.239. The molecule has 0 aliphatic rings. The number of hydrogen-bond donors (Lipinski definition) is 3. The highest BCUT2D eigenvalue weighted by Crippen LogP contribution is 2.23. The molecule has 0 radical (unpaired) electrons. The molecule has 5 N–H and O–H groups in total. The van der Waals surface area contributed by atoms with Crippen molar-refractivity contribution in [2.75, 3.05) is 17.6 Å². The van der Waals surface area contributed by atoms with Crippen LogP contribution in [0.1, 0.15) is 69.9 Å². The SMILES string of the molecule is CC(C)c1cnn2c(NCc3ccccc3F)cc(N)nc12.CCCCCCCN. The monoisotopic (exact) mass is 414 g/mol. The van der Waals surface area contributed by atoms with Crippen LogP contribution < -0.4 is 16.8 Å². The second-order valence-corrected chi connectivity index (χ2v) is 7.70. The van der Waals surface area contributed by atoms with Gasteiger partial charge in [-0.25, -0.2) is 9.37 Å².